The van der Waals surface area contributed by atoms with Crippen LogP contribution < -0.4 is 10.2 Å². The third kappa shape index (κ3) is 4.88. The first-order chi connectivity index (χ1) is 16.2. The van der Waals surface area contributed by atoms with Gasteiger partial charge in [-0.3, -0.25) is 9.69 Å². The number of hydrogen-bond acceptors (Lipinski definition) is 5. The van der Waals surface area contributed by atoms with Crippen LogP contribution >= 0.6 is 0 Å². The first-order valence-electron chi connectivity index (χ1n) is 11.3. The number of fused-ring (bicyclic) bond motifs is 1. The van der Waals surface area contributed by atoms with Gasteiger partial charge in [-0.2, -0.15) is 0 Å². The maximum absolute atomic E-state index is 12.7. The van der Waals surface area contributed by atoms with Gasteiger partial charge in [0.05, 0.1) is 6.42 Å². The fraction of sp³-hybridized carbons (Fsp3) is 0.269. The van der Waals surface area contributed by atoms with Gasteiger partial charge in [-0.25, -0.2) is 9.97 Å². The Morgan fingerprint density at radius 1 is 0.970 bits per heavy atom. The lowest BCUT2D eigenvalue weighted by Gasteiger charge is -2.35. The molecule has 33 heavy (non-hydrogen) atoms. The summed E-state index contributed by atoms with van der Waals surface area (Å²) in [6, 6.07) is 20.6. The Kier molecular flexibility index (Phi) is 6.04. The third-order valence-corrected chi connectivity index (χ3v) is 6.20. The van der Waals surface area contributed by atoms with Crippen LogP contribution in [-0.4, -0.2) is 51.5 Å². The number of aryl methyl sites for hydroxylation is 1. The molecule has 7 heteroatoms. The number of benzene rings is 2. The van der Waals surface area contributed by atoms with Crippen molar-refractivity contribution in [1.82, 2.24) is 19.4 Å². The summed E-state index contributed by atoms with van der Waals surface area (Å²) in [6.07, 6.45) is 3.85. The number of nitrogens with one attached hydrogen (secondary N) is 1. The fourth-order valence-corrected chi connectivity index (χ4v) is 4.49. The molecule has 5 rings (SSSR count). The van der Waals surface area contributed by atoms with Crippen LogP contribution in [-0.2, 0) is 24.8 Å². The average Bonchev–Trinajstić information content (AvgIpc) is 3.15. The Hall–Kier alpha value is -3.71. The number of anilines is 2. The van der Waals surface area contributed by atoms with Crippen LogP contribution in [0, 0.1) is 0 Å². The van der Waals surface area contributed by atoms with Gasteiger partial charge in [-0.05, 0) is 17.2 Å². The summed E-state index contributed by atoms with van der Waals surface area (Å²) >= 11 is 0. The lowest BCUT2D eigenvalue weighted by molar-refractivity contribution is -0.115. The van der Waals surface area contributed by atoms with Gasteiger partial charge in [0.2, 0.25) is 5.91 Å². The molecule has 1 amide bonds. The van der Waals surface area contributed by atoms with E-state index in [1.165, 1.54) is 11.9 Å². The SMILES string of the molecule is Cn1cc(CC(=O)Nc2cc(N3CCN(Cc4ccccc4)CC3)ncn2)c2ccccc21. The zero-order chi connectivity index (χ0) is 22.6. The number of rotatable bonds is 6. The summed E-state index contributed by atoms with van der Waals surface area (Å²) in [7, 11) is 2.00. The number of carbonyl (C=O) groups is 1. The largest absolute Gasteiger partial charge is 0.354 e. The highest BCUT2D eigenvalue weighted by molar-refractivity contribution is 5.95. The third-order valence-electron chi connectivity index (χ3n) is 6.20. The molecular weight excluding hydrogens is 412 g/mol. The van der Waals surface area contributed by atoms with Gasteiger partial charge in [0, 0.05) is 62.9 Å². The minimum absolute atomic E-state index is 0.0799. The van der Waals surface area contributed by atoms with Crippen molar-refractivity contribution in [2.24, 2.45) is 7.05 Å². The normalized spacial score (nSPS) is 14.5. The molecule has 0 saturated carbocycles. The van der Waals surface area contributed by atoms with Crippen molar-refractivity contribution in [3.63, 3.8) is 0 Å². The summed E-state index contributed by atoms with van der Waals surface area (Å²) in [5, 5.41) is 4.05. The maximum atomic E-state index is 12.7. The van der Waals surface area contributed by atoms with Crippen molar-refractivity contribution in [3.8, 4) is 0 Å². The van der Waals surface area contributed by atoms with Crippen LogP contribution in [0.4, 0.5) is 11.6 Å². The summed E-state index contributed by atoms with van der Waals surface area (Å²) < 4.78 is 2.05. The topological polar surface area (TPSA) is 66.3 Å². The molecule has 1 saturated heterocycles. The van der Waals surface area contributed by atoms with Gasteiger partial charge in [-0.1, -0.05) is 48.5 Å². The monoisotopic (exact) mass is 440 g/mol. The summed E-state index contributed by atoms with van der Waals surface area (Å²) in [4.78, 5) is 26.2. The number of amides is 1. The van der Waals surface area contributed by atoms with E-state index in [1.807, 2.05) is 31.4 Å². The zero-order valence-corrected chi connectivity index (χ0v) is 18.8. The molecule has 4 aromatic rings. The van der Waals surface area contributed by atoms with E-state index in [4.69, 9.17) is 0 Å². The summed E-state index contributed by atoms with van der Waals surface area (Å²) in [6.45, 7) is 4.71. The Bertz CT molecular complexity index is 1240. The van der Waals surface area contributed by atoms with E-state index in [1.54, 1.807) is 0 Å². The van der Waals surface area contributed by atoms with Crippen molar-refractivity contribution in [3.05, 3.63) is 84.3 Å². The molecular formula is C26H28N6O. The molecule has 0 bridgehead atoms. The number of piperazine rings is 1. The van der Waals surface area contributed by atoms with Crippen LogP contribution in [0.25, 0.3) is 10.9 Å². The summed E-state index contributed by atoms with van der Waals surface area (Å²) in [5.74, 6) is 1.31. The molecule has 0 atom stereocenters. The Labute approximate surface area is 193 Å². The zero-order valence-electron chi connectivity index (χ0n) is 18.8. The molecule has 2 aromatic carbocycles. The Morgan fingerprint density at radius 2 is 1.73 bits per heavy atom. The molecule has 1 aliphatic rings. The van der Waals surface area contributed by atoms with E-state index in [0.29, 0.717) is 12.2 Å². The van der Waals surface area contributed by atoms with Gasteiger partial charge < -0.3 is 14.8 Å². The van der Waals surface area contributed by atoms with E-state index in [-0.39, 0.29) is 5.91 Å². The first-order valence-corrected chi connectivity index (χ1v) is 11.3. The summed E-state index contributed by atoms with van der Waals surface area (Å²) in [5.41, 5.74) is 3.47. The standard InChI is InChI=1S/C26H28N6O/c1-30-18-21(22-9-5-6-10-23(22)30)15-26(33)29-24-16-25(28-19-27-24)32-13-11-31(12-14-32)17-20-7-3-2-4-8-20/h2-10,16,18-19H,11-15,17H2,1H3,(H,27,28,29,33). The van der Waals surface area contributed by atoms with Gasteiger partial charge in [0.1, 0.15) is 18.0 Å². The molecule has 0 spiro atoms. The highest BCUT2D eigenvalue weighted by Crippen LogP contribution is 2.22. The van der Waals surface area contributed by atoms with Crippen LogP contribution in [0.3, 0.4) is 0 Å². The van der Waals surface area contributed by atoms with Gasteiger partial charge in [0.15, 0.2) is 0 Å². The quantitative estimate of drug-likeness (QED) is 0.497. The van der Waals surface area contributed by atoms with Crippen LogP contribution in [0.2, 0.25) is 0 Å². The molecule has 0 aliphatic carbocycles. The van der Waals surface area contributed by atoms with Crippen LogP contribution in [0.5, 0.6) is 0 Å². The Morgan fingerprint density at radius 3 is 2.55 bits per heavy atom. The maximum Gasteiger partial charge on any atom is 0.230 e. The van der Waals surface area contributed by atoms with Gasteiger partial charge in [-0.15, -0.1) is 0 Å². The second-order valence-corrected chi connectivity index (χ2v) is 8.52. The number of aromatic nitrogens is 3. The molecule has 0 unspecified atom stereocenters. The molecule has 7 nitrogen and oxygen atoms in total. The Balaban J connectivity index is 1.19. The number of para-hydroxylation sites is 1. The lowest BCUT2D eigenvalue weighted by Crippen LogP contribution is -2.46. The van der Waals surface area contributed by atoms with E-state index in [0.717, 1.165) is 55.0 Å². The van der Waals surface area contributed by atoms with Crippen LogP contribution in [0.15, 0.2) is 73.2 Å². The predicted molar refractivity (Wildman–Crippen MR) is 131 cm³/mol. The first kappa shape index (κ1) is 21.2. The number of nitrogens with zero attached hydrogens (tertiary/aromatic N) is 5. The van der Waals surface area contributed by atoms with Gasteiger partial charge in [0.25, 0.3) is 0 Å². The van der Waals surface area contributed by atoms with E-state index < -0.39 is 0 Å². The van der Waals surface area contributed by atoms with E-state index in [9.17, 15) is 4.79 Å². The van der Waals surface area contributed by atoms with E-state index in [2.05, 4.69) is 72.1 Å². The van der Waals surface area contributed by atoms with E-state index >= 15 is 0 Å². The number of hydrogen-bond donors (Lipinski definition) is 1. The fourth-order valence-electron chi connectivity index (χ4n) is 4.49. The molecule has 2 aromatic heterocycles. The predicted octanol–water partition coefficient (Wildman–Crippen LogP) is 3.47. The van der Waals surface area contributed by atoms with Crippen molar-refractivity contribution in [2.75, 3.05) is 36.4 Å². The second-order valence-electron chi connectivity index (χ2n) is 8.52. The van der Waals surface area contributed by atoms with Crippen molar-refractivity contribution >= 4 is 28.4 Å². The molecule has 3 heterocycles. The van der Waals surface area contributed by atoms with Crippen molar-refractivity contribution < 1.29 is 4.79 Å². The highest BCUT2D eigenvalue weighted by atomic mass is 16.1. The molecule has 1 fully saturated rings. The minimum atomic E-state index is -0.0799. The molecule has 0 radical (unpaired) electrons. The molecule has 168 valence electrons. The second kappa shape index (κ2) is 9.42. The molecule has 1 aliphatic heterocycles. The van der Waals surface area contributed by atoms with Crippen LogP contribution in [0.1, 0.15) is 11.1 Å². The molecule has 1 N–H and O–H groups in total. The van der Waals surface area contributed by atoms with Crippen molar-refractivity contribution in [1.29, 1.82) is 0 Å². The minimum Gasteiger partial charge on any atom is -0.354 e. The average molecular weight is 441 g/mol. The van der Waals surface area contributed by atoms with Crippen molar-refractivity contribution in [2.45, 2.75) is 13.0 Å². The lowest BCUT2D eigenvalue weighted by atomic mass is 10.1. The highest BCUT2D eigenvalue weighted by Gasteiger charge is 2.19. The smallest absolute Gasteiger partial charge is 0.230 e. The van der Waals surface area contributed by atoms with Gasteiger partial charge >= 0.3 is 0 Å². The number of carbonyl (C=O) groups excluding carboxylic acids is 1.